The number of aromatic nitrogens is 2. The monoisotopic (exact) mass is 313 g/mol. The largest absolute Gasteiger partial charge is 0.476 e. The zero-order valence-corrected chi connectivity index (χ0v) is 12.6. The second-order valence-corrected chi connectivity index (χ2v) is 7.73. The number of rotatable bonds is 7. The maximum Gasteiger partial charge on any atom is 0.357 e. The van der Waals surface area contributed by atoms with Crippen LogP contribution in [0.25, 0.3) is 0 Å². The molecule has 3 N–H and O–H groups in total. The van der Waals surface area contributed by atoms with E-state index >= 15 is 0 Å². The average molecular weight is 313 g/mol. The molecule has 2 aliphatic rings. The van der Waals surface area contributed by atoms with Gasteiger partial charge in [0, 0.05) is 6.54 Å². The van der Waals surface area contributed by atoms with E-state index in [1.165, 1.54) is 32.6 Å². The Kier molecular flexibility index (Phi) is 3.53. The lowest BCUT2D eigenvalue weighted by Crippen LogP contribution is -2.32. The molecule has 0 atom stereocenters. The Hall–Kier alpha value is -1.41. The average Bonchev–Trinajstić information content (AvgIpc) is 3.29. The Bertz CT molecular complexity index is 647. The molecule has 0 aromatic carbocycles. The van der Waals surface area contributed by atoms with Gasteiger partial charge in [-0.25, -0.2) is 17.9 Å². The molecule has 0 spiro atoms. The van der Waals surface area contributed by atoms with Crippen molar-refractivity contribution in [3.63, 3.8) is 0 Å². The highest BCUT2D eigenvalue weighted by atomic mass is 32.2. The molecule has 0 aliphatic heterocycles. The van der Waals surface area contributed by atoms with Crippen molar-refractivity contribution in [2.75, 3.05) is 6.54 Å². The predicted octanol–water partition coefficient (Wildman–Crippen LogP) is 1.13. The van der Waals surface area contributed by atoms with Crippen molar-refractivity contribution in [3.8, 4) is 0 Å². The Labute approximate surface area is 123 Å². The maximum atomic E-state index is 12.4. The first-order chi connectivity index (χ1) is 9.90. The highest BCUT2D eigenvalue weighted by Gasteiger charge is 2.42. The Morgan fingerprint density at radius 2 is 1.95 bits per heavy atom. The lowest BCUT2D eigenvalue weighted by atomic mass is 9.99. The molecule has 1 heterocycles. The summed E-state index contributed by atoms with van der Waals surface area (Å²) in [5.41, 5.74) is -0.205. The van der Waals surface area contributed by atoms with E-state index in [4.69, 9.17) is 5.11 Å². The van der Waals surface area contributed by atoms with Gasteiger partial charge in [0.15, 0.2) is 5.69 Å². The normalized spacial score (nSPS) is 19.1. The van der Waals surface area contributed by atoms with Gasteiger partial charge in [0.2, 0.25) is 10.0 Å². The summed E-state index contributed by atoms with van der Waals surface area (Å²) in [5.74, 6) is 0.301. The molecule has 0 unspecified atom stereocenters. The lowest BCUT2D eigenvalue weighted by Gasteiger charge is -2.16. The Morgan fingerprint density at radius 3 is 2.43 bits per heavy atom. The van der Waals surface area contributed by atoms with Crippen LogP contribution in [0.3, 0.4) is 0 Å². The molecule has 8 heteroatoms. The fraction of sp³-hybridized carbons (Fsp3) is 0.692. The second-order valence-electron chi connectivity index (χ2n) is 6.02. The van der Waals surface area contributed by atoms with E-state index in [1.807, 2.05) is 0 Å². The Morgan fingerprint density at radius 1 is 1.38 bits per heavy atom. The summed E-state index contributed by atoms with van der Waals surface area (Å²) in [6.07, 6.45) is 4.70. The summed E-state index contributed by atoms with van der Waals surface area (Å²) < 4.78 is 27.4. The summed E-state index contributed by atoms with van der Waals surface area (Å²) in [6.45, 7) is 1.90. The van der Waals surface area contributed by atoms with Crippen LogP contribution in [0.5, 0.6) is 0 Å². The topological polar surface area (TPSA) is 112 Å². The second kappa shape index (κ2) is 5.10. The van der Waals surface area contributed by atoms with Crippen LogP contribution in [0, 0.1) is 24.7 Å². The van der Waals surface area contributed by atoms with E-state index in [1.54, 1.807) is 0 Å². The molecular weight excluding hydrogens is 294 g/mol. The van der Waals surface area contributed by atoms with Crippen LogP contribution in [-0.2, 0) is 10.0 Å². The number of nitrogens with one attached hydrogen (secondary N) is 2. The van der Waals surface area contributed by atoms with Crippen LogP contribution in [0.1, 0.15) is 41.9 Å². The third-order valence-electron chi connectivity index (χ3n) is 4.33. The van der Waals surface area contributed by atoms with Gasteiger partial charge in [-0.2, -0.15) is 5.10 Å². The fourth-order valence-electron chi connectivity index (χ4n) is 2.94. The fourth-order valence-corrected chi connectivity index (χ4v) is 4.33. The van der Waals surface area contributed by atoms with Gasteiger partial charge in [0.25, 0.3) is 0 Å². The molecule has 1 aromatic heterocycles. The van der Waals surface area contributed by atoms with Crippen molar-refractivity contribution in [3.05, 3.63) is 11.4 Å². The zero-order valence-electron chi connectivity index (χ0n) is 11.8. The number of aryl methyl sites for hydroxylation is 1. The summed E-state index contributed by atoms with van der Waals surface area (Å²) in [6, 6.07) is 0. The highest BCUT2D eigenvalue weighted by Crippen LogP contribution is 2.48. The summed E-state index contributed by atoms with van der Waals surface area (Å²) >= 11 is 0. The maximum absolute atomic E-state index is 12.4. The summed E-state index contributed by atoms with van der Waals surface area (Å²) in [5, 5.41) is 15.0. The van der Waals surface area contributed by atoms with E-state index in [0.29, 0.717) is 24.3 Å². The molecule has 2 aliphatic carbocycles. The third-order valence-corrected chi connectivity index (χ3v) is 5.91. The smallest absolute Gasteiger partial charge is 0.357 e. The molecule has 0 radical (unpaired) electrons. The van der Waals surface area contributed by atoms with Gasteiger partial charge >= 0.3 is 5.97 Å². The first kappa shape index (κ1) is 14.5. The molecule has 2 fully saturated rings. The van der Waals surface area contributed by atoms with E-state index in [9.17, 15) is 13.2 Å². The van der Waals surface area contributed by atoms with Gasteiger partial charge < -0.3 is 5.11 Å². The van der Waals surface area contributed by atoms with Crippen molar-refractivity contribution < 1.29 is 18.3 Å². The van der Waals surface area contributed by atoms with Gasteiger partial charge in [-0.05, 0) is 50.4 Å². The number of aromatic amines is 1. The molecular formula is C13H19N3O4S. The van der Waals surface area contributed by atoms with Gasteiger partial charge in [0.1, 0.15) is 4.90 Å². The molecule has 0 amide bonds. The number of aromatic carboxylic acids is 1. The number of H-pyrrole nitrogens is 1. The number of hydrogen-bond donors (Lipinski definition) is 3. The molecule has 21 heavy (non-hydrogen) atoms. The quantitative estimate of drug-likeness (QED) is 0.698. The molecule has 3 rings (SSSR count). The third kappa shape index (κ3) is 2.96. The van der Waals surface area contributed by atoms with Crippen LogP contribution < -0.4 is 4.72 Å². The zero-order chi connectivity index (χ0) is 15.2. The Balaban J connectivity index is 1.77. The minimum atomic E-state index is -3.85. The van der Waals surface area contributed by atoms with Crippen LogP contribution >= 0.6 is 0 Å². The van der Waals surface area contributed by atoms with Gasteiger partial charge in [-0.3, -0.25) is 5.10 Å². The van der Waals surface area contributed by atoms with Crippen LogP contribution in [0.2, 0.25) is 0 Å². The van der Waals surface area contributed by atoms with Gasteiger partial charge in [-0.1, -0.05) is 0 Å². The molecule has 0 bridgehead atoms. The first-order valence-electron chi connectivity index (χ1n) is 7.18. The van der Waals surface area contributed by atoms with Crippen molar-refractivity contribution >= 4 is 16.0 Å². The van der Waals surface area contributed by atoms with Crippen LogP contribution in [-0.4, -0.2) is 36.2 Å². The number of carbonyl (C=O) groups is 1. The number of sulfonamides is 1. The van der Waals surface area contributed by atoms with Crippen molar-refractivity contribution in [2.45, 2.75) is 37.5 Å². The predicted molar refractivity (Wildman–Crippen MR) is 74.4 cm³/mol. The van der Waals surface area contributed by atoms with E-state index < -0.39 is 21.7 Å². The molecule has 1 aromatic rings. The molecule has 116 valence electrons. The summed E-state index contributed by atoms with van der Waals surface area (Å²) in [7, 11) is -3.85. The standard InChI is InChI=1S/C13H19N3O4S/c1-7-12(11(13(17)18)16-15-7)21(19,20)14-6-10(8-2-3-8)9-4-5-9/h8-10,14H,2-6H2,1H3,(H,15,16)(H,17,18). The van der Waals surface area contributed by atoms with Crippen molar-refractivity contribution in [1.82, 2.24) is 14.9 Å². The van der Waals surface area contributed by atoms with Crippen molar-refractivity contribution in [2.24, 2.45) is 17.8 Å². The minimum Gasteiger partial charge on any atom is -0.476 e. The number of carboxylic acid groups (broad SMARTS) is 1. The van der Waals surface area contributed by atoms with Crippen molar-refractivity contribution in [1.29, 1.82) is 0 Å². The first-order valence-corrected chi connectivity index (χ1v) is 8.66. The molecule has 0 saturated heterocycles. The van der Waals surface area contributed by atoms with Crippen LogP contribution in [0.15, 0.2) is 4.90 Å². The number of nitrogens with zero attached hydrogens (tertiary/aromatic N) is 1. The highest BCUT2D eigenvalue weighted by molar-refractivity contribution is 7.89. The number of hydrogen-bond acceptors (Lipinski definition) is 4. The van der Waals surface area contributed by atoms with E-state index in [2.05, 4.69) is 14.9 Å². The minimum absolute atomic E-state index is 0.245. The van der Waals surface area contributed by atoms with E-state index in [-0.39, 0.29) is 10.6 Å². The molecule has 7 nitrogen and oxygen atoms in total. The van der Waals surface area contributed by atoms with Gasteiger partial charge in [0.05, 0.1) is 5.69 Å². The SMILES string of the molecule is Cc1[nH]nc(C(=O)O)c1S(=O)(=O)NCC(C1CC1)C1CC1. The van der Waals surface area contributed by atoms with Gasteiger partial charge in [-0.15, -0.1) is 0 Å². The lowest BCUT2D eigenvalue weighted by molar-refractivity contribution is 0.0686. The number of carboxylic acids is 1. The summed E-state index contributed by atoms with van der Waals surface area (Å²) in [4.78, 5) is 10.8. The molecule has 2 saturated carbocycles. The van der Waals surface area contributed by atoms with Crippen LogP contribution in [0.4, 0.5) is 0 Å². The van der Waals surface area contributed by atoms with E-state index in [0.717, 1.165) is 0 Å².